The molecular formula is C15H28N2O2. The van der Waals surface area contributed by atoms with Crippen LogP contribution in [0.2, 0.25) is 0 Å². The average Bonchev–Trinajstić information content (AvgIpc) is 2.89. The van der Waals surface area contributed by atoms with Crippen LogP contribution in [0.5, 0.6) is 0 Å². The minimum atomic E-state index is -0.321. The van der Waals surface area contributed by atoms with Crippen LogP contribution in [-0.4, -0.2) is 51.2 Å². The first-order valence-corrected chi connectivity index (χ1v) is 7.63. The van der Waals surface area contributed by atoms with Gasteiger partial charge in [-0.05, 0) is 31.7 Å². The molecular weight excluding hydrogens is 240 g/mol. The van der Waals surface area contributed by atoms with E-state index in [1.807, 2.05) is 11.9 Å². The lowest BCUT2D eigenvalue weighted by Gasteiger charge is -2.34. The highest BCUT2D eigenvalue weighted by Crippen LogP contribution is 2.30. The fourth-order valence-electron chi connectivity index (χ4n) is 3.63. The maximum atomic E-state index is 12.7. The Morgan fingerprint density at radius 1 is 1.37 bits per heavy atom. The van der Waals surface area contributed by atoms with Crippen LogP contribution in [0.4, 0.5) is 0 Å². The summed E-state index contributed by atoms with van der Waals surface area (Å²) >= 11 is 0. The van der Waals surface area contributed by atoms with Crippen LogP contribution in [0.3, 0.4) is 0 Å². The number of rotatable bonds is 5. The molecule has 1 saturated carbocycles. The van der Waals surface area contributed by atoms with Crippen LogP contribution in [0.25, 0.3) is 0 Å². The standard InChI is InChI=1S/C15H28N2O2/c1-17(10-13-6-4-3-5-7-13)14(18)15(12-19-2)8-9-16-11-15/h13,16H,3-12H2,1-2H3. The lowest BCUT2D eigenvalue weighted by Crippen LogP contribution is -2.47. The van der Waals surface area contributed by atoms with Crippen molar-refractivity contribution >= 4 is 5.91 Å². The molecule has 1 aliphatic carbocycles. The molecule has 2 aliphatic rings. The highest BCUT2D eigenvalue weighted by molar-refractivity contribution is 5.83. The van der Waals surface area contributed by atoms with Gasteiger partial charge in [0.2, 0.25) is 5.91 Å². The van der Waals surface area contributed by atoms with Gasteiger partial charge in [-0.3, -0.25) is 4.79 Å². The van der Waals surface area contributed by atoms with E-state index in [4.69, 9.17) is 4.74 Å². The molecule has 2 fully saturated rings. The van der Waals surface area contributed by atoms with Gasteiger partial charge >= 0.3 is 0 Å². The van der Waals surface area contributed by atoms with E-state index >= 15 is 0 Å². The monoisotopic (exact) mass is 268 g/mol. The Labute approximate surface area is 116 Å². The van der Waals surface area contributed by atoms with Crippen molar-refractivity contribution in [2.24, 2.45) is 11.3 Å². The Balaban J connectivity index is 1.92. The second-order valence-corrected chi connectivity index (χ2v) is 6.33. The van der Waals surface area contributed by atoms with Crippen LogP contribution in [-0.2, 0) is 9.53 Å². The summed E-state index contributed by atoms with van der Waals surface area (Å²) < 4.78 is 5.30. The smallest absolute Gasteiger partial charge is 0.232 e. The molecule has 1 heterocycles. The highest BCUT2D eigenvalue weighted by Gasteiger charge is 2.43. The summed E-state index contributed by atoms with van der Waals surface area (Å²) in [5.74, 6) is 0.974. The molecule has 0 aromatic carbocycles. The Bertz CT molecular complexity index is 295. The fourth-order valence-corrected chi connectivity index (χ4v) is 3.63. The summed E-state index contributed by atoms with van der Waals surface area (Å²) in [6, 6.07) is 0. The number of hydrogen-bond donors (Lipinski definition) is 1. The van der Waals surface area contributed by atoms with Gasteiger partial charge in [-0.25, -0.2) is 0 Å². The van der Waals surface area contributed by atoms with Crippen molar-refractivity contribution in [2.75, 3.05) is 40.4 Å². The van der Waals surface area contributed by atoms with E-state index in [1.54, 1.807) is 7.11 Å². The van der Waals surface area contributed by atoms with Gasteiger partial charge in [-0.2, -0.15) is 0 Å². The number of carbonyl (C=O) groups is 1. The molecule has 19 heavy (non-hydrogen) atoms. The summed E-state index contributed by atoms with van der Waals surface area (Å²) in [7, 11) is 3.65. The third-order valence-corrected chi connectivity index (χ3v) is 4.72. The maximum absolute atomic E-state index is 12.7. The first kappa shape index (κ1) is 14.8. The molecule has 1 N–H and O–H groups in total. The summed E-state index contributed by atoms with van der Waals surface area (Å²) in [4.78, 5) is 14.7. The molecule has 4 heteroatoms. The Morgan fingerprint density at radius 3 is 2.68 bits per heavy atom. The Hall–Kier alpha value is -0.610. The van der Waals surface area contributed by atoms with Crippen molar-refractivity contribution in [1.29, 1.82) is 0 Å². The Kier molecular flexibility index (Phi) is 5.22. The fraction of sp³-hybridized carbons (Fsp3) is 0.933. The number of methoxy groups -OCH3 is 1. The predicted octanol–water partition coefficient (Wildman–Crippen LogP) is 1.65. The molecule has 1 aliphatic heterocycles. The van der Waals surface area contributed by atoms with Crippen LogP contribution in [0, 0.1) is 11.3 Å². The van der Waals surface area contributed by atoms with Gasteiger partial charge in [0.1, 0.15) is 0 Å². The van der Waals surface area contributed by atoms with E-state index in [9.17, 15) is 4.79 Å². The van der Waals surface area contributed by atoms with Crippen LogP contribution >= 0.6 is 0 Å². The van der Waals surface area contributed by atoms with E-state index in [-0.39, 0.29) is 11.3 Å². The molecule has 1 saturated heterocycles. The van der Waals surface area contributed by atoms with Crippen molar-refractivity contribution in [3.8, 4) is 0 Å². The van der Waals surface area contributed by atoms with E-state index in [0.717, 1.165) is 26.1 Å². The highest BCUT2D eigenvalue weighted by atomic mass is 16.5. The van der Waals surface area contributed by atoms with E-state index in [1.165, 1.54) is 32.1 Å². The summed E-state index contributed by atoms with van der Waals surface area (Å²) in [5.41, 5.74) is -0.321. The van der Waals surface area contributed by atoms with E-state index < -0.39 is 0 Å². The number of nitrogens with zero attached hydrogens (tertiary/aromatic N) is 1. The molecule has 2 rings (SSSR count). The first-order chi connectivity index (χ1) is 9.18. The summed E-state index contributed by atoms with van der Waals surface area (Å²) in [6.07, 6.45) is 7.50. The molecule has 4 nitrogen and oxygen atoms in total. The zero-order valence-electron chi connectivity index (χ0n) is 12.4. The minimum Gasteiger partial charge on any atom is -0.384 e. The van der Waals surface area contributed by atoms with Crippen molar-refractivity contribution < 1.29 is 9.53 Å². The molecule has 110 valence electrons. The van der Waals surface area contributed by atoms with Gasteiger partial charge < -0.3 is 15.0 Å². The van der Waals surface area contributed by atoms with Crippen molar-refractivity contribution in [2.45, 2.75) is 38.5 Å². The molecule has 1 atom stereocenters. The van der Waals surface area contributed by atoms with Crippen molar-refractivity contribution in [3.05, 3.63) is 0 Å². The van der Waals surface area contributed by atoms with Gasteiger partial charge in [0.15, 0.2) is 0 Å². The molecule has 1 unspecified atom stereocenters. The van der Waals surface area contributed by atoms with Gasteiger partial charge in [-0.1, -0.05) is 19.3 Å². The molecule has 0 aromatic rings. The van der Waals surface area contributed by atoms with Crippen LogP contribution in [0.1, 0.15) is 38.5 Å². The lowest BCUT2D eigenvalue weighted by molar-refractivity contribution is -0.143. The van der Waals surface area contributed by atoms with E-state index in [0.29, 0.717) is 12.5 Å². The molecule has 0 bridgehead atoms. The predicted molar refractivity (Wildman–Crippen MR) is 76.0 cm³/mol. The maximum Gasteiger partial charge on any atom is 0.232 e. The second kappa shape index (κ2) is 6.71. The van der Waals surface area contributed by atoms with Gasteiger partial charge in [0, 0.05) is 27.2 Å². The first-order valence-electron chi connectivity index (χ1n) is 7.63. The third-order valence-electron chi connectivity index (χ3n) is 4.72. The SMILES string of the molecule is COCC1(C(=O)N(C)CC2CCCCC2)CCNC1. The van der Waals surface area contributed by atoms with Crippen molar-refractivity contribution in [3.63, 3.8) is 0 Å². The number of amides is 1. The zero-order chi connectivity index (χ0) is 13.7. The quantitative estimate of drug-likeness (QED) is 0.824. The van der Waals surface area contributed by atoms with Gasteiger partial charge in [0.25, 0.3) is 0 Å². The lowest BCUT2D eigenvalue weighted by atomic mass is 9.85. The number of carbonyl (C=O) groups excluding carboxylic acids is 1. The molecule has 0 spiro atoms. The second-order valence-electron chi connectivity index (χ2n) is 6.33. The number of nitrogens with one attached hydrogen (secondary N) is 1. The van der Waals surface area contributed by atoms with Crippen LogP contribution in [0.15, 0.2) is 0 Å². The topological polar surface area (TPSA) is 41.6 Å². The van der Waals surface area contributed by atoms with Gasteiger partial charge in [0.05, 0.1) is 12.0 Å². The summed E-state index contributed by atoms with van der Waals surface area (Å²) in [6.45, 7) is 3.14. The third kappa shape index (κ3) is 3.48. The van der Waals surface area contributed by atoms with E-state index in [2.05, 4.69) is 5.32 Å². The largest absolute Gasteiger partial charge is 0.384 e. The minimum absolute atomic E-state index is 0.268. The molecule has 0 aromatic heterocycles. The zero-order valence-corrected chi connectivity index (χ0v) is 12.4. The number of ether oxygens (including phenoxy) is 1. The normalized spacial score (nSPS) is 28.5. The Morgan fingerprint density at radius 2 is 2.11 bits per heavy atom. The van der Waals surface area contributed by atoms with Crippen molar-refractivity contribution in [1.82, 2.24) is 10.2 Å². The van der Waals surface area contributed by atoms with Crippen LogP contribution < -0.4 is 5.32 Å². The molecule has 0 radical (unpaired) electrons. The van der Waals surface area contributed by atoms with Gasteiger partial charge in [-0.15, -0.1) is 0 Å². The summed E-state index contributed by atoms with van der Waals surface area (Å²) in [5, 5.41) is 3.31. The molecule has 1 amide bonds. The number of hydrogen-bond acceptors (Lipinski definition) is 3. The average molecular weight is 268 g/mol.